The second kappa shape index (κ2) is 8.08. The summed E-state index contributed by atoms with van der Waals surface area (Å²) in [6, 6.07) is 5.33. The first kappa shape index (κ1) is 20.3. The average Bonchev–Trinajstić information content (AvgIpc) is 2.35. The van der Waals surface area contributed by atoms with Gasteiger partial charge in [0, 0.05) is 37.8 Å². The molecule has 3 N–H and O–H groups in total. The molecule has 0 unspecified atom stereocenters. The molecule has 1 atom stereocenters. The summed E-state index contributed by atoms with van der Waals surface area (Å²) >= 11 is 0. The zero-order valence-electron chi connectivity index (χ0n) is 12.8. The summed E-state index contributed by atoms with van der Waals surface area (Å²) < 4.78 is 0. The summed E-state index contributed by atoms with van der Waals surface area (Å²) in [6.07, 6.45) is 0. The lowest BCUT2D eigenvalue weighted by Crippen LogP contribution is -2.48. The number of hydrogen-bond donors (Lipinski definition) is 3. The van der Waals surface area contributed by atoms with E-state index in [1.165, 1.54) is 6.07 Å². The largest absolute Gasteiger partial charge is 0.504 e. The van der Waals surface area contributed by atoms with E-state index in [1.54, 1.807) is 6.07 Å². The Labute approximate surface area is 139 Å². The van der Waals surface area contributed by atoms with Crippen LogP contribution in [0.15, 0.2) is 18.2 Å². The fourth-order valence-electron chi connectivity index (χ4n) is 2.92. The molecule has 122 valence electrons. The highest BCUT2D eigenvalue weighted by atomic mass is 35.5. The standard InChI is InChI=1S/C15H24N2O2.2ClH/c1-15(2,3)14(17-9-7-16-8-10-17)11-5-4-6-12(18)13(11)19;;/h4-6,14,16,18-19H,7-10H2,1-3H3;2*1H/t14-;;/m0../s1. The van der Waals surface area contributed by atoms with E-state index >= 15 is 0 Å². The van der Waals surface area contributed by atoms with Crippen molar-refractivity contribution in [1.82, 2.24) is 10.2 Å². The highest BCUT2D eigenvalue weighted by Gasteiger charge is 2.34. The number of aromatic hydroxyl groups is 2. The minimum atomic E-state index is -0.0399. The third-order valence-electron chi connectivity index (χ3n) is 3.68. The van der Waals surface area contributed by atoms with Gasteiger partial charge in [-0.1, -0.05) is 32.9 Å². The van der Waals surface area contributed by atoms with Crippen LogP contribution in [-0.4, -0.2) is 41.3 Å². The lowest BCUT2D eigenvalue weighted by atomic mass is 9.80. The Morgan fingerprint density at radius 3 is 2.19 bits per heavy atom. The molecule has 0 aliphatic carbocycles. The van der Waals surface area contributed by atoms with Crippen molar-refractivity contribution < 1.29 is 10.2 Å². The maximum Gasteiger partial charge on any atom is 0.162 e. The van der Waals surface area contributed by atoms with Crippen LogP contribution in [0.4, 0.5) is 0 Å². The fraction of sp³-hybridized carbons (Fsp3) is 0.600. The first-order chi connectivity index (χ1) is 8.91. The van der Waals surface area contributed by atoms with Crippen LogP contribution in [-0.2, 0) is 0 Å². The van der Waals surface area contributed by atoms with Crippen molar-refractivity contribution in [3.05, 3.63) is 23.8 Å². The van der Waals surface area contributed by atoms with Gasteiger partial charge in [0.05, 0.1) is 0 Å². The highest BCUT2D eigenvalue weighted by molar-refractivity contribution is 5.85. The molecular weight excluding hydrogens is 311 g/mol. The van der Waals surface area contributed by atoms with Gasteiger partial charge in [-0.05, 0) is 11.5 Å². The Hall–Kier alpha value is -0.680. The van der Waals surface area contributed by atoms with Gasteiger partial charge < -0.3 is 15.5 Å². The van der Waals surface area contributed by atoms with Gasteiger partial charge in [0.1, 0.15) is 0 Å². The van der Waals surface area contributed by atoms with Crippen molar-refractivity contribution in [2.75, 3.05) is 26.2 Å². The summed E-state index contributed by atoms with van der Waals surface area (Å²) in [4.78, 5) is 2.38. The molecule has 1 aromatic carbocycles. The number of piperazine rings is 1. The summed E-state index contributed by atoms with van der Waals surface area (Å²) in [5.74, 6) is -0.0251. The van der Waals surface area contributed by atoms with Crippen molar-refractivity contribution in [2.45, 2.75) is 26.8 Å². The van der Waals surface area contributed by atoms with Gasteiger partial charge in [0.2, 0.25) is 0 Å². The minimum absolute atomic E-state index is 0. The quantitative estimate of drug-likeness (QED) is 0.727. The molecular formula is C15H26Cl2N2O2. The fourth-order valence-corrected chi connectivity index (χ4v) is 2.92. The van der Waals surface area contributed by atoms with Gasteiger partial charge in [-0.15, -0.1) is 24.8 Å². The average molecular weight is 337 g/mol. The smallest absolute Gasteiger partial charge is 0.162 e. The van der Waals surface area contributed by atoms with Crippen LogP contribution in [0.3, 0.4) is 0 Å². The minimum Gasteiger partial charge on any atom is -0.504 e. The third kappa shape index (κ3) is 4.65. The Kier molecular flexibility index (Phi) is 7.82. The third-order valence-corrected chi connectivity index (χ3v) is 3.68. The topological polar surface area (TPSA) is 55.7 Å². The van der Waals surface area contributed by atoms with Crippen LogP contribution < -0.4 is 5.32 Å². The van der Waals surface area contributed by atoms with E-state index in [0.29, 0.717) is 0 Å². The summed E-state index contributed by atoms with van der Waals surface area (Å²) in [6.45, 7) is 10.3. The van der Waals surface area contributed by atoms with E-state index in [9.17, 15) is 10.2 Å². The van der Waals surface area contributed by atoms with Crippen LogP contribution in [0.5, 0.6) is 11.5 Å². The molecule has 21 heavy (non-hydrogen) atoms. The molecule has 4 nitrogen and oxygen atoms in total. The van der Waals surface area contributed by atoms with Crippen LogP contribution >= 0.6 is 24.8 Å². The lowest BCUT2D eigenvalue weighted by Gasteiger charge is -2.42. The molecule has 1 fully saturated rings. The molecule has 0 radical (unpaired) electrons. The number of para-hydroxylation sites is 1. The number of rotatable bonds is 2. The molecule has 1 aliphatic rings. The number of phenolic OH excluding ortho intramolecular Hbond substituents is 2. The molecule has 6 heteroatoms. The summed E-state index contributed by atoms with van der Waals surface area (Å²) in [5.41, 5.74) is 0.803. The monoisotopic (exact) mass is 336 g/mol. The van der Waals surface area contributed by atoms with Crippen molar-refractivity contribution in [1.29, 1.82) is 0 Å². The number of phenols is 2. The predicted octanol–water partition coefficient (Wildman–Crippen LogP) is 2.93. The van der Waals surface area contributed by atoms with Gasteiger partial charge in [-0.2, -0.15) is 0 Å². The van der Waals surface area contributed by atoms with Gasteiger partial charge >= 0.3 is 0 Å². The van der Waals surface area contributed by atoms with Crippen molar-refractivity contribution in [3.63, 3.8) is 0 Å². The molecule has 1 heterocycles. The molecule has 0 aromatic heterocycles. The summed E-state index contributed by atoms with van der Waals surface area (Å²) in [5, 5.41) is 23.2. The summed E-state index contributed by atoms with van der Waals surface area (Å²) in [7, 11) is 0. The maximum atomic E-state index is 10.2. The maximum absolute atomic E-state index is 10.2. The van der Waals surface area contributed by atoms with Crippen LogP contribution in [0.25, 0.3) is 0 Å². The first-order valence-electron chi connectivity index (χ1n) is 6.87. The molecule has 1 saturated heterocycles. The normalized spacial score (nSPS) is 17.5. The molecule has 0 spiro atoms. The van der Waals surface area contributed by atoms with E-state index in [1.807, 2.05) is 6.07 Å². The Morgan fingerprint density at radius 1 is 1.10 bits per heavy atom. The molecule has 1 aromatic rings. The molecule has 1 aliphatic heterocycles. The number of nitrogens with one attached hydrogen (secondary N) is 1. The van der Waals surface area contributed by atoms with Gasteiger partial charge in [-0.25, -0.2) is 0 Å². The van der Waals surface area contributed by atoms with E-state index in [2.05, 4.69) is 31.0 Å². The molecule has 0 amide bonds. The Morgan fingerprint density at radius 2 is 1.67 bits per heavy atom. The SMILES string of the molecule is CC(C)(C)[C@H](c1cccc(O)c1O)N1CCNCC1.Cl.Cl. The van der Waals surface area contributed by atoms with Crippen molar-refractivity contribution in [3.8, 4) is 11.5 Å². The van der Waals surface area contributed by atoms with Gasteiger partial charge in [0.25, 0.3) is 0 Å². The number of halogens is 2. The number of nitrogens with zero attached hydrogens (tertiary/aromatic N) is 1. The lowest BCUT2D eigenvalue weighted by molar-refractivity contribution is 0.0839. The first-order valence-corrected chi connectivity index (χ1v) is 6.87. The van der Waals surface area contributed by atoms with E-state index in [0.717, 1.165) is 31.7 Å². The molecule has 0 saturated carbocycles. The van der Waals surface area contributed by atoms with E-state index in [-0.39, 0.29) is 47.8 Å². The second-order valence-electron chi connectivity index (χ2n) is 6.27. The van der Waals surface area contributed by atoms with E-state index < -0.39 is 0 Å². The highest BCUT2D eigenvalue weighted by Crippen LogP contribution is 2.44. The molecule has 0 bridgehead atoms. The molecule has 2 rings (SSSR count). The number of hydrogen-bond acceptors (Lipinski definition) is 4. The van der Waals surface area contributed by atoms with Gasteiger partial charge in [0.15, 0.2) is 11.5 Å². The zero-order valence-corrected chi connectivity index (χ0v) is 14.4. The van der Waals surface area contributed by atoms with Crippen molar-refractivity contribution in [2.24, 2.45) is 5.41 Å². The second-order valence-corrected chi connectivity index (χ2v) is 6.27. The van der Waals surface area contributed by atoms with Crippen LogP contribution in [0.1, 0.15) is 32.4 Å². The predicted molar refractivity (Wildman–Crippen MR) is 90.9 cm³/mol. The van der Waals surface area contributed by atoms with Gasteiger partial charge in [-0.3, -0.25) is 4.90 Å². The Balaban J connectivity index is 0.00000200. The number of benzene rings is 1. The zero-order chi connectivity index (χ0) is 14.0. The Bertz CT molecular complexity index is 444. The van der Waals surface area contributed by atoms with Crippen molar-refractivity contribution >= 4 is 24.8 Å². The van der Waals surface area contributed by atoms with E-state index in [4.69, 9.17) is 0 Å². The van der Waals surface area contributed by atoms with Crippen LogP contribution in [0, 0.1) is 5.41 Å². The van der Waals surface area contributed by atoms with Crippen LogP contribution in [0.2, 0.25) is 0 Å².